The Balaban J connectivity index is 1.78. The molecule has 0 amide bonds. The number of nitrogens with zero attached hydrogens (tertiary/aromatic N) is 5. The van der Waals surface area contributed by atoms with Crippen LogP contribution in [-0.4, -0.2) is 64.9 Å². The Morgan fingerprint density at radius 3 is 2.49 bits per heavy atom. The Bertz CT molecular complexity index is 1550. The van der Waals surface area contributed by atoms with E-state index in [4.69, 9.17) is 27.4 Å². The highest BCUT2D eigenvalue weighted by atomic mass is 35.5. The number of anilines is 1. The Morgan fingerprint density at radius 1 is 1.18 bits per heavy atom. The highest BCUT2D eigenvalue weighted by Crippen LogP contribution is 2.43. The van der Waals surface area contributed by atoms with Crippen molar-refractivity contribution in [2.75, 3.05) is 36.4 Å². The average Bonchev–Trinajstić information content (AvgIpc) is 3.48. The smallest absolute Gasteiger partial charge is 0.329 e. The minimum atomic E-state index is -4.51. The first-order chi connectivity index (χ1) is 18.7. The van der Waals surface area contributed by atoms with Gasteiger partial charge in [0, 0.05) is 35.9 Å². The second kappa shape index (κ2) is 12.5. The molecule has 2 heterocycles. The molecule has 15 heteroatoms. The Labute approximate surface area is 238 Å². The van der Waals surface area contributed by atoms with Crippen LogP contribution in [0.5, 0.6) is 5.75 Å². The van der Waals surface area contributed by atoms with Crippen molar-refractivity contribution in [1.29, 1.82) is 0 Å². The van der Waals surface area contributed by atoms with Gasteiger partial charge < -0.3 is 14.2 Å². The van der Waals surface area contributed by atoms with Crippen LogP contribution in [0.3, 0.4) is 0 Å². The quantitative estimate of drug-likeness (QED) is 0.0999. The highest BCUT2D eigenvalue weighted by molar-refractivity contribution is 7.87. The standard InChI is InChI=1S/C24H25Cl2N5O6S2/c1-16-15-38-24(31(33)34)22(16)23(17-2-7-20-21(14-17)30(12-13-32)28-27-20)39(35,36)37-19-5-3-18(4-6-19)29(10-8-25)11-9-26/h2-7,14-15,23,32H,8-13H2,1H3. The lowest BCUT2D eigenvalue weighted by atomic mass is 10.0. The first-order valence-electron chi connectivity index (χ1n) is 11.8. The number of benzene rings is 2. The van der Waals surface area contributed by atoms with Gasteiger partial charge in [-0.15, -0.1) is 28.3 Å². The predicted molar refractivity (Wildman–Crippen MR) is 152 cm³/mol. The monoisotopic (exact) mass is 613 g/mol. The summed E-state index contributed by atoms with van der Waals surface area (Å²) in [7, 11) is -4.51. The maximum Gasteiger partial charge on any atom is 0.329 e. The van der Waals surface area contributed by atoms with Crippen LogP contribution in [-0.2, 0) is 16.7 Å². The van der Waals surface area contributed by atoms with Crippen LogP contribution >= 0.6 is 34.5 Å². The summed E-state index contributed by atoms with van der Waals surface area (Å²) in [4.78, 5) is 13.2. The van der Waals surface area contributed by atoms with Crippen LogP contribution in [0, 0.1) is 17.0 Å². The topological polar surface area (TPSA) is 141 Å². The van der Waals surface area contributed by atoms with Gasteiger partial charge in [0.15, 0.2) is 5.25 Å². The van der Waals surface area contributed by atoms with Gasteiger partial charge in [-0.2, -0.15) is 8.42 Å². The van der Waals surface area contributed by atoms with Gasteiger partial charge in [-0.3, -0.25) is 10.1 Å². The van der Waals surface area contributed by atoms with E-state index in [0.717, 1.165) is 17.0 Å². The number of rotatable bonds is 13. The summed E-state index contributed by atoms with van der Waals surface area (Å²) in [6, 6.07) is 11.1. The van der Waals surface area contributed by atoms with Gasteiger partial charge in [0.1, 0.15) is 11.3 Å². The molecule has 1 N–H and O–H groups in total. The Hall–Kier alpha value is -2.97. The molecule has 0 saturated heterocycles. The molecular weight excluding hydrogens is 589 g/mol. The molecule has 0 radical (unpaired) electrons. The lowest BCUT2D eigenvalue weighted by Gasteiger charge is -2.23. The van der Waals surface area contributed by atoms with Gasteiger partial charge in [0.25, 0.3) is 0 Å². The highest BCUT2D eigenvalue weighted by Gasteiger charge is 2.39. The molecule has 1 atom stereocenters. The number of hydrogen-bond acceptors (Lipinski definition) is 10. The second-order valence-electron chi connectivity index (χ2n) is 8.49. The lowest BCUT2D eigenvalue weighted by molar-refractivity contribution is -0.380. The zero-order valence-corrected chi connectivity index (χ0v) is 23.9. The van der Waals surface area contributed by atoms with Crippen LogP contribution in [0.1, 0.15) is 21.9 Å². The van der Waals surface area contributed by atoms with Crippen molar-refractivity contribution in [3.05, 3.63) is 74.6 Å². The SMILES string of the molecule is Cc1csc([N+](=O)[O-])c1C(c1ccc2nnn(CCO)c2c1)S(=O)(=O)Oc1ccc(N(CCCl)CCCl)cc1. The molecule has 4 rings (SSSR count). The van der Waals surface area contributed by atoms with E-state index in [2.05, 4.69) is 10.3 Å². The molecule has 39 heavy (non-hydrogen) atoms. The Morgan fingerprint density at radius 2 is 1.87 bits per heavy atom. The van der Waals surface area contributed by atoms with Crippen molar-refractivity contribution < 1.29 is 22.6 Å². The number of fused-ring (bicyclic) bond motifs is 1. The van der Waals surface area contributed by atoms with Crippen LogP contribution in [0.25, 0.3) is 11.0 Å². The van der Waals surface area contributed by atoms with E-state index in [1.807, 2.05) is 4.90 Å². The molecule has 0 saturated carbocycles. The normalized spacial score (nSPS) is 12.5. The molecule has 0 fully saturated rings. The summed E-state index contributed by atoms with van der Waals surface area (Å²) >= 11 is 12.6. The van der Waals surface area contributed by atoms with Crippen molar-refractivity contribution in [1.82, 2.24) is 15.0 Å². The van der Waals surface area contributed by atoms with Gasteiger partial charge in [-0.1, -0.05) is 22.6 Å². The number of alkyl halides is 2. The van der Waals surface area contributed by atoms with E-state index in [1.165, 1.54) is 22.9 Å². The number of aliphatic hydroxyl groups excluding tert-OH is 1. The van der Waals surface area contributed by atoms with Crippen LogP contribution in [0.4, 0.5) is 10.7 Å². The molecule has 1 unspecified atom stereocenters. The maximum atomic E-state index is 13.9. The zero-order chi connectivity index (χ0) is 28.2. The van der Waals surface area contributed by atoms with Crippen molar-refractivity contribution in [2.45, 2.75) is 18.7 Å². The summed E-state index contributed by atoms with van der Waals surface area (Å²) in [5.41, 5.74) is 2.45. The lowest BCUT2D eigenvalue weighted by Crippen LogP contribution is -2.27. The molecular formula is C24H25Cl2N5O6S2. The van der Waals surface area contributed by atoms with Gasteiger partial charge in [0.05, 0.1) is 29.2 Å². The third-order valence-electron chi connectivity index (χ3n) is 5.99. The largest absolute Gasteiger partial charge is 0.394 e. The summed E-state index contributed by atoms with van der Waals surface area (Å²) in [6.07, 6.45) is 0. The fourth-order valence-electron chi connectivity index (χ4n) is 4.25. The minimum absolute atomic E-state index is 0.0255. The van der Waals surface area contributed by atoms with Crippen molar-refractivity contribution >= 4 is 66.4 Å². The number of halogens is 2. The number of thiophene rings is 1. The molecule has 2 aromatic heterocycles. The molecule has 0 spiro atoms. The van der Waals surface area contributed by atoms with Crippen molar-refractivity contribution in [2.24, 2.45) is 0 Å². The summed E-state index contributed by atoms with van der Waals surface area (Å²) < 4.78 is 34.7. The van der Waals surface area contributed by atoms with E-state index in [-0.39, 0.29) is 35.0 Å². The fraction of sp³-hybridized carbons (Fsp3) is 0.333. The average molecular weight is 615 g/mol. The van der Waals surface area contributed by atoms with Crippen LogP contribution in [0.15, 0.2) is 47.8 Å². The first kappa shape index (κ1) is 29.0. The third kappa shape index (κ3) is 6.28. The number of aromatic nitrogens is 3. The van der Waals surface area contributed by atoms with Crippen LogP contribution < -0.4 is 9.08 Å². The molecule has 2 aromatic carbocycles. The number of aryl methyl sites for hydroxylation is 1. The third-order valence-corrected chi connectivity index (χ3v) is 8.91. The van der Waals surface area contributed by atoms with Gasteiger partial charge in [0.2, 0.25) is 0 Å². The molecule has 208 valence electrons. The molecule has 11 nitrogen and oxygen atoms in total. The van der Waals surface area contributed by atoms with Crippen molar-refractivity contribution in [3.8, 4) is 5.75 Å². The summed E-state index contributed by atoms with van der Waals surface area (Å²) in [6.45, 7) is 2.67. The van der Waals surface area contributed by atoms with E-state index >= 15 is 0 Å². The molecule has 0 aliphatic rings. The Kier molecular flexibility index (Phi) is 9.28. The molecule has 0 aliphatic heterocycles. The van der Waals surface area contributed by atoms with E-state index in [1.54, 1.807) is 36.6 Å². The van der Waals surface area contributed by atoms with E-state index < -0.39 is 20.3 Å². The minimum Gasteiger partial charge on any atom is -0.394 e. The first-order valence-corrected chi connectivity index (χ1v) is 15.2. The predicted octanol–water partition coefficient (Wildman–Crippen LogP) is 4.48. The molecule has 0 aliphatic carbocycles. The fourth-order valence-corrected chi connectivity index (χ4v) is 7.18. The number of nitro groups is 1. The number of hydrogen-bond donors (Lipinski definition) is 1. The van der Waals surface area contributed by atoms with Crippen LogP contribution in [0.2, 0.25) is 0 Å². The van der Waals surface area contributed by atoms with Gasteiger partial charge >= 0.3 is 15.1 Å². The molecule has 4 aromatic rings. The molecule has 0 bridgehead atoms. The van der Waals surface area contributed by atoms with Gasteiger partial charge in [-0.25, -0.2) is 4.68 Å². The summed E-state index contributed by atoms with van der Waals surface area (Å²) in [5.74, 6) is 0.825. The van der Waals surface area contributed by atoms with E-state index in [9.17, 15) is 23.6 Å². The number of aliphatic hydroxyl groups is 1. The summed E-state index contributed by atoms with van der Waals surface area (Å²) in [5, 5.41) is 29.0. The second-order valence-corrected chi connectivity index (χ2v) is 11.7. The zero-order valence-electron chi connectivity index (χ0n) is 20.7. The van der Waals surface area contributed by atoms with E-state index in [0.29, 0.717) is 41.4 Å². The maximum absolute atomic E-state index is 13.9. The van der Waals surface area contributed by atoms with Crippen molar-refractivity contribution in [3.63, 3.8) is 0 Å². The van der Waals surface area contributed by atoms with Gasteiger partial charge in [-0.05, 0) is 54.4 Å².